The van der Waals surface area contributed by atoms with E-state index in [0.29, 0.717) is 13.1 Å². The molecule has 19 heavy (non-hydrogen) atoms. The second-order valence-corrected chi connectivity index (χ2v) is 5.03. The number of Topliss-reactive ketones (excluding diaryl/α,β-unsaturated/α-hetero) is 1. The van der Waals surface area contributed by atoms with Crippen LogP contribution in [0.4, 0.5) is 0 Å². The third-order valence-electron chi connectivity index (χ3n) is 3.06. The first-order valence-corrected chi connectivity index (χ1v) is 6.82. The smallest absolute Gasteiger partial charge is 0.237 e. The molecule has 0 bridgehead atoms. The van der Waals surface area contributed by atoms with E-state index >= 15 is 0 Å². The summed E-state index contributed by atoms with van der Waals surface area (Å²) in [5.74, 6) is 0.0423. The van der Waals surface area contributed by atoms with Crippen molar-refractivity contribution in [3.8, 4) is 0 Å². The molecule has 5 N–H and O–H groups in total. The number of likely N-dealkylation sites (N-methyl/N-ethyl adjacent to an activating group) is 1. The molecule has 0 aliphatic heterocycles. The van der Waals surface area contributed by atoms with Crippen LogP contribution in [0.5, 0.6) is 0 Å². The standard InChI is InChI=1S/C13H28N4O2/c1-9(2)12(15-4)13(19)17-11(10(3)18)6-5-7-16-8-14/h9,11-12,15-16H,5-8,14H2,1-4H3,(H,17,19). The van der Waals surface area contributed by atoms with Crippen LogP contribution in [-0.4, -0.2) is 44.0 Å². The monoisotopic (exact) mass is 272 g/mol. The minimum absolute atomic E-state index is 0.0142. The number of hydrogen-bond donors (Lipinski definition) is 4. The molecule has 0 heterocycles. The van der Waals surface area contributed by atoms with Crippen LogP contribution in [-0.2, 0) is 9.59 Å². The molecular weight excluding hydrogens is 244 g/mol. The van der Waals surface area contributed by atoms with Crippen LogP contribution in [0.15, 0.2) is 0 Å². The van der Waals surface area contributed by atoms with Crippen LogP contribution in [0, 0.1) is 5.92 Å². The summed E-state index contributed by atoms with van der Waals surface area (Å²) < 4.78 is 0. The van der Waals surface area contributed by atoms with Gasteiger partial charge in [-0.25, -0.2) is 0 Å². The van der Waals surface area contributed by atoms with Crippen LogP contribution in [0.2, 0.25) is 0 Å². The quantitative estimate of drug-likeness (QED) is 0.320. The lowest BCUT2D eigenvalue weighted by molar-refractivity contribution is -0.129. The molecule has 0 fully saturated rings. The molecule has 0 saturated carbocycles. The molecule has 1 amide bonds. The molecule has 2 unspecified atom stereocenters. The van der Waals surface area contributed by atoms with E-state index in [1.807, 2.05) is 13.8 Å². The van der Waals surface area contributed by atoms with Gasteiger partial charge in [0.25, 0.3) is 0 Å². The van der Waals surface area contributed by atoms with Gasteiger partial charge in [0.15, 0.2) is 5.78 Å². The van der Waals surface area contributed by atoms with Crippen molar-refractivity contribution in [2.75, 3.05) is 20.3 Å². The Morgan fingerprint density at radius 1 is 1.26 bits per heavy atom. The van der Waals surface area contributed by atoms with Gasteiger partial charge in [-0.1, -0.05) is 13.8 Å². The van der Waals surface area contributed by atoms with Crippen LogP contribution in [0.1, 0.15) is 33.6 Å². The summed E-state index contributed by atoms with van der Waals surface area (Å²) in [6, 6.07) is -0.689. The van der Waals surface area contributed by atoms with Crippen LogP contribution >= 0.6 is 0 Å². The number of nitrogens with one attached hydrogen (secondary N) is 3. The summed E-state index contributed by atoms with van der Waals surface area (Å²) in [5.41, 5.74) is 5.32. The molecule has 6 nitrogen and oxygen atoms in total. The highest BCUT2D eigenvalue weighted by Gasteiger charge is 2.24. The van der Waals surface area contributed by atoms with E-state index in [2.05, 4.69) is 16.0 Å². The maximum absolute atomic E-state index is 12.1. The molecule has 6 heteroatoms. The molecular formula is C13H28N4O2. The lowest BCUT2D eigenvalue weighted by Gasteiger charge is -2.23. The summed E-state index contributed by atoms with van der Waals surface area (Å²) in [6.07, 6.45) is 1.43. The van der Waals surface area contributed by atoms with Gasteiger partial charge in [-0.2, -0.15) is 0 Å². The summed E-state index contributed by atoms with van der Waals surface area (Å²) in [4.78, 5) is 23.6. The van der Waals surface area contributed by atoms with Gasteiger partial charge < -0.3 is 21.7 Å². The average molecular weight is 272 g/mol. The SMILES string of the molecule is CNC(C(=O)NC(CCCNCN)C(C)=O)C(C)C. The maximum atomic E-state index is 12.1. The predicted octanol–water partition coefficient (Wildman–Crippen LogP) is -0.410. The number of carbonyl (C=O) groups excluding carboxylic acids is 2. The van der Waals surface area contributed by atoms with E-state index in [9.17, 15) is 9.59 Å². The zero-order valence-electron chi connectivity index (χ0n) is 12.5. The molecule has 0 aromatic heterocycles. The fourth-order valence-electron chi connectivity index (χ4n) is 1.94. The van der Waals surface area contributed by atoms with Crippen molar-refractivity contribution in [3.63, 3.8) is 0 Å². The summed E-state index contributed by atoms with van der Waals surface area (Å²) in [7, 11) is 1.75. The minimum atomic E-state index is -0.415. The fourth-order valence-corrected chi connectivity index (χ4v) is 1.94. The predicted molar refractivity (Wildman–Crippen MR) is 76.6 cm³/mol. The Kier molecular flexibility index (Phi) is 9.38. The molecule has 0 rings (SSSR count). The summed E-state index contributed by atoms with van der Waals surface area (Å²) >= 11 is 0. The third kappa shape index (κ3) is 7.25. The van der Waals surface area contributed by atoms with E-state index < -0.39 is 6.04 Å². The van der Waals surface area contributed by atoms with E-state index in [0.717, 1.165) is 13.0 Å². The first-order valence-electron chi connectivity index (χ1n) is 6.82. The van der Waals surface area contributed by atoms with Crippen molar-refractivity contribution in [2.45, 2.75) is 45.7 Å². The Morgan fingerprint density at radius 3 is 2.32 bits per heavy atom. The number of ketones is 1. The molecule has 112 valence electrons. The Balaban J connectivity index is 4.33. The zero-order chi connectivity index (χ0) is 14.8. The number of carbonyl (C=O) groups is 2. The minimum Gasteiger partial charge on any atom is -0.345 e. The fraction of sp³-hybridized carbons (Fsp3) is 0.846. The second kappa shape index (κ2) is 9.89. The number of nitrogens with two attached hydrogens (primary N) is 1. The van der Waals surface area contributed by atoms with Crippen molar-refractivity contribution in [2.24, 2.45) is 11.7 Å². The van der Waals surface area contributed by atoms with Crippen molar-refractivity contribution in [1.82, 2.24) is 16.0 Å². The zero-order valence-corrected chi connectivity index (χ0v) is 12.5. The first-order chi connectivity index (χ1) is 8.93. The summed E-state index contributed by atoms with van der Waals surface area (Å²) in [6.45, 7) is 6.61. The van der Waals surface area contributed by atoms with E-state index in [4.69, 9.17) is 5.73 Å². The molecule has 0 radical (unpaired) electrons. The van der Waals surface area contributed by atoms with E-state index in [-0.39, 0.29) is 23.7 Å². The maximum Gasteiger partial charge on any atom is 0.237 e. The topological polar surface area (TPSA) is 96.2 Å². The van der Waals surface area contributed by atoms with Gasteiger partial charge >= 0.3 is 0 Å². The lowest BCUT2D eigenvalue weighted by Crippen LogP contribution is -2.51. The van der Waals surface area contributed by atoms with Gasteiger partial charge in [0.2, 0.25) is 5.91 Å². The van der Waals surface area contributed by atoms with Crippen LogP contribution in [0.25, 0.3) is 0 Å². The average Bonchev–Trinajstić information content (AvgIpc) is 2.33. The van der Waals surface area contributed by atoms with Crippen LogP contribution in [0.3, 0.4) is 0 Å². The molecule has 0 aliphatic rings. The number of amides is 1. The number of rotatable bonds is 10. The molecule has 0 saturated heterocycles. The highest BCUT2D eigenvalue weighted by molar-refractivity contribution is 5.89. The Labute approximate surface area is 115 Å². The van der Waals surface area contributed by atoms with Crippen molar-refractivity contribution in [1.29, 1.82) is 0 Å². The van der Waals surface area contributed by atoms with Crippen molar-refractivity contribution in [3.05, 3.63) is 0 Å². The Hall–Kier alpha value is -0.980. The van der Waals surface area contributed by atoms with E-state index in [1.165, 1.54) is 6.92 Å². The van der Waals surface area contributed by atoms with Crippen LogP contribution < -0.4 is 21.7 Å². The molecule has 0 aliphatic carbocycles. The molecule has 0 aromatic rings. The van der Waals surface area contributed by atoms with Gasteiger partial charge in [-0.15, -0.1) is 0 Å². The normalized spacial score (nSPS) is 14.2. The van der Waals surface area contributed by atoms with E-state index in [1.54, 1.807) is 7.05 Å². The molecule has 2 atom stereocenters. The van der Waals surface area contributed by atoms with Crippen molar-refractivity contribution < 1.29 is 9.59 Å². The Morgan fingerprint density at radius 2 is 1.89 bits per heavy atom. The first kappa shape index (κ1) is 18.0. The molecule has 0 aromatic carbocycles. The third-order valence-corrected chi connectivity index (χ3v) is 3.06. The number of hydrogen-bond acceptors (Lipinski definition) is 5. The summed E-state index contributed by atoms with van der Waals surface area (Å²) in [5, 5.41) is 8.77. The molecule has 0 spiro atoms. The van der Waals surface area contributed by atoms with Gasteiger partial charge in [-0.05, 0) is 39.3 Å². The Bertz CT molecular complexity index is 282. The van der Waals surface area contributed by atoms with Gasteiger partial charge in [0.1, 0.15) is 0 Å². The van der Waals surface area contributed by atoms with Crippen molar-refractivity contribution >= 4 is 11.7 Å². The highest BCUT2D eigenvalue weighted by Crippen LogP contribution is 2.04. The van der Waals surface area contributed by atoms with Gasteiger partial charge in [0, 0.05) is 6.67 Å². The lowest BCUT2D eigenvalue weighted by atomic mass is 10.0. The largest absolute Gasteiger partial charge is 0.345 e. The highest BCUT2D eigenvalue weighted by atomic mass is 16.2. The van der Waals surface area contributed by atoms with Gasteiger partial charge in [-0.3, -0.25) is 9.59 Å². The second-order valence-electron chi connectivity index (χ2n) is 5.03. The van der Waals surface area contributed by atoms with Gasteiger partial charge in [0.05, 0.1) is 12.1 Å².